The van der Waals surface area contributed by atoms with Crippen LogP contribution in [0.15, 0.2) is 10.5 Å². The lowest BCUT2D eigenvalue weighted by Gasteiger charge is -2.27. The number of nitrogens with zero attached hydrogens (tertiary/aromatic N) is 4. The molecule has 134 valence electrons. The molecule has 4 atom stereocenters. The predicted molar refractivity (Wildman–Crippen MR) is 95.6 cm³/mol. The van der Waals surface area contributed by atoms with Crippen molar-refractivity contribution in [1.82, 2.24) is 10.3 Å². The van der Waals surface area contributed by atoms with Crippen LogP contribution in [0.3, 0.4) is 0 Å². The maximum Gasteiger partial charge on any atom is 0.229 e. The average Bonchev–Trinajstić information content (AvgIpc) is 2.97. The molecule has 24 heavy (non-hydrogen) atoms. The fourth-order valence-corrected chi connectivity index (χ4v) is 3.13. The number of aliphatic hydroxyl groups is 1. The minimum absolute atomic E-state index is 0.0414. The number of aromatic nitrogens is 1. The van der Waals surface area contributed by atoms with Crippen LogP contribution in [0.5, 0.6) is 0 Å². The van der Waals surface area contributed by atoms with E-state index >= 15 is 0 Å². The SMILES string of the molecule is CC[C@H](C)[C@H](N=[N+]=[N-])C(=O)N[C@H](C[C@@H](O)c1nc(C)cs1)C(C)C. The molecular formula is C16H27N5O2S. The van der Waals surface area contributed by atoms with Crippen molar-refractivity contribution in [3.05, 3.63) is 26.5 Å². The van der Waals surface area contributed by atoms with Crippen molar-refractivity contribution in [2.45, 2.75) is 65.6 Å². The molecule has 0 aliphatic heterocycles. The highest BCUT2D eigenvalue weighted by Crippen LogP contribution is 2.24. The summed E-state index contributed by atoms with van der Waals surface area (Å²) in [5.74, 6) is -0.197. The van der Waals surface area contributed by atoms with Crippen LogP contribution in [-0.4, -0.2) is 28.1 Å². The molecule has 0 aliphatic carbocycles. The molecule has 7 nitrogen and oxygen atoms in total. The Morgan fingerprint density at radius 2 is 2.17 bits per heavy atom. The van der Waals surface area contributed by atoms with Crippen LogP contribution >= 0.6 is 11.3 Å². The van der Waals surface area contributed by atoms with E-state index in [0.29, 0.717) is 11.4 Å². The molecule has 0 radical (unpaired) electrons. The summed E-state index contributed by atoms with van der Waals surface area (Å²) in [5.41, 5.74) is 9.58. The maximum absolute atomic E-state index is 12.5. The largest absolute Gasteiger partial charge is 0.386 e. The normalized spacial score (nSPS) is 16.1. The van der Waals surface area contributed by atoms with Crippen LogP contribution in [0, 0.1) is 18.8 Å². The van der Waals surface area contributed by atoms with Crippen molar-refractivity contribution in [2.75, 3.05) is 0 Å². The number of nitrogens with one attached hydrogen (secondary N) is 1. The van der Waals surface area contributed by atoms with Crippen molar-refractivity contribution in [1.29, 1.82) is 0 Å². The van der Waals surface area contributed by atoms with Gasteiger partial charge in [0.1, 0.15) is 17.2 Å². The molecule has 1 amide bonds. The Hall–Kier alpha value is -1.63. The van der Waals surface area contributed by atoms with E-state index in [4.69, 9.17) is 5.53 Å². The van der Waals surface area contributed by atoms with Crippen LogP contribution in [0.1, 0.15) is 57.3 Å². The van der Waals surface area contributed by atoms with E-state index in [1.807, 2.05) is 40.0 Å². The van der Waals surface area contributed by atoms with Crippen LogP contribution in [-0.2, 0) is 4.79 Å². The van der Waals surface area contributed by atoms with Gasteiger partial charge in [0.2, 0.25) is 5.91 Å². The number of aliphatic hydroxyl groups excluding tert-OH is 1. The third kappa shape index (κ3) is 5.78. The van der Waals surface area contributed by atoms with Crippen LogP contribution < -0.4 is 5.32 Å². The summed E-state index contributed by atoms with van der Waals surface area (Å²) in [5, 5.41) is 19.5. The zero-order valence-corrected chi connectivity index (χ0v) is 15.7. The van der Waals surface area contributed by atoms with E-state index in [2.05, 4.69) is 20.3 Å². The smallest absolute Gasteiger partial charge is 0.229 e. The lowest BCUT2D eigenvalue weighted by molar-refractivity contribution is -0.124. The molecule has 1 rings (SSSR count). The fraction of sp³-hybridized carbons (Fsp3) is 0.750. The number of hydrogen-bond donors (Lipinski definition) is 2. The van der Waals surface area contributed by atoms with Gasteiger partial charge in [-0.1, -0.05) is 39.2 Å². The second-order valence-corrected chi connectivity index (χ2v) is 7.36. The summed E-state index contributed by atoms with van der Waals surface area (Å²) < 4.78 is 0. The van der Waals surface area contributed by atoms with Crippen molar-refractivity contribution >= 4 is 17.2 Å². The van der Waals surface area contributed by atoms with Gasteiger partial charge in [0, 0.05) is 28.4 Å². The van der Waals surface area contributed by atoms with E-state index in [1.165, 1.54) is 11.3 Å². The lowest BCUT2D eigenvalue weighted by Crippen LogP contribution is -2.45. The topological polar surface area (TPSA) is 111 Å². The molecule has 0 fully saturated rings. The third-order valence-electron chi connectivity index (χ3n) is 4.16. The molecule has 0 bridgehead atoms. The van der Waals surface area contributed by atoms with Gasteiger partial charge in [0.05, 0.1) is 0 Å². The summed E-state index contributed by atoms with van der Waals surface area (Å²) in [7, 11) is 0. The molecule has 0 unspecified atom stereocenters. The first-order valence-corrected chi connectivity index (χ1v) is 9.12. The summed E-state index contributed by atoms with van der Waals surface area (Å²) in [4.78, 5) is 19.6. The van der Waals surface area contributed by atoms with Crippen molar-refractivity contribution < 1.29 is 9.90 Å². The van der Waals surface area contributed by atoms with Crippen molar-refractivity contribution in [3.8, 4) is 0 Å². The first kappa shape index (κ1) is 20.4. The molecule has 1 aromatic heterocycles. The Morgan fingerprint density at radius 3 is 2.62 bits per heavy atom. The Labute approximate surface area is 147 Å². The number of carbonyl (C=O) groups is 1. The Bertz CT molecular complexity index is 583. The van der Waals surface area contributed by atoms with Crippen LogP contribution in [0.4, 0.5) is 0 Å². The van der Waals surface area contributed by atoms with E-state index in [-0.39, 0.29) is 23.8 Å². The zero-order chi connectivity index (χ0) is 18.3. The Morgan fingerprint density at radius 1 is 1.50 bits per heavy atom. The van der Waals surface area contributed by atoms with Crippen molar-refractivity contribution in [2.24, 2.45) is 17.0 Å². The van der Waals surface area contributed by atoms with E-state index in [9.17, 15) is 9.90 Å². The number of azide groups is 1. The molecule has 0 spiro atoms. The predicted octanol–water partition coefficient (Wildman–Crippen LogP) is 3.74. The highest BCUT2D eigenvalue weighted by atomic mass is 32.1. The van der Waals surface area contributed by atoms with Gasteiger partial charge in [-0.15, -0.1) is 11.3 Å². The van der Waals surface area contributed by atoms with Crippen LogP contribution in [0.25, 0.3) is 10.4 Å². The second kappa shape index (κ2) is 9.61. The average molecular weight is 353 g/mol. The van der Waals surface area contributed by atoms with Gasteiger partial charge in [0.25, 0.3) is 0 Å². The standard InChI is InChI=1S/C16H27N5O2S/c1-6-10(4)14(20-21-17)15(23)19-12(9(2)3)7-13(22)16-18-11(5)8-24-16/h8-10,12-14,22H,6-7H2,1-5H3,(H,19,23)/t10-,12+,13+,14-/m0/s1. The molecule has 0 aliphatic rings. The highest BCUT2D eigenvalue weighted by Gasteiger charge is 2.28. The number of rotatable bonds is 9. The summed E-state index contributed by atoms with van der Waals surface area (Å²) in [6, 6.07) is -0.961. The minimum Gasteiger partial charge on any atom is -0.386 e. The fourth-order valence-electron chi connectivity index (χ4n) is 2.34. The summed E-state index contributed by atoms with van der Waals surface area (Å²) in [6.45, 7) is 9.68. The van der Waals surface area contributed by atoms with Gasteiger partial charge < -0.3 is 10.4 Å². The molecular weight excluding hydrogens is 326 g/mol. The van der Waals surface area contributed by atoms with E-state index < -0.39 is 12.1 Å². The number of hydrogen-bond acceptors (Lipinski definition) is 5. The maximum atomic E-state index is 12.5. The van der Waals surface area contributed by atoms with Gasteiger partial charge in [-0.2, -0.15) is 0 Å². The Balaban J connectivity index is 2.81. The minimum atomic E-state index is -0.736. The number of carbonyl (C=O) groups excluding carboxylic acids is 1. The number of amides is 1. The molecule has 0 saturated heterocycles. The molecule has 2 N–H and O–H groups in total. The van der Waals surface area contributed by atoms with Gasteiger partial charge in [0.15, 0.2) is 0 Å². The number of thiazole rings is 1. The highest BCUT2D eigenvalue weighted by molar-refractivity contribution is 7.09. The van der Waals surface area contributed by atoms with Gasteiger partial charge in [-0.25, -0.2) is 4.98 Å². The van der Waals surface area contributed by atoms with Gasteiger partial charge >= 0.3 is 0 Å². The number of aryl methyl sites for hydroxylation is 1. The molecule has 1 aromatic rings. The molecule has 8 heteroatoms. The lowest BCUT2D eigenvalue weighted by atomic mass is 9.95. The van der Waals surface area contributed by atoms with Crippen LogP contribution in [0.2, 0.25) is 0 Å². The Kier molecular flexibility index (Phi) is 8.18. The first-order valence-electron chi connectivity index (χ1n) is 8.24. The third-order valence-corrected chi connectivity index (χ3v) is 5.22. The first-order chi connectivity index (χ1) is 11.3. The monoisotopic (exact) mass is 353 g/mol. The molecule has 0 saturated carbocycles. The van der Waals surface area contributed by atoms with Gasteiger partial charge in [-0.05, 0) is 24.3 Å². The summed E-state index contributed by atoms with van der Waals surface area (Å²) >= 11 is 1.41. The van der Waals surface area contributed by atoms with E-state index in [1.54, 1.807) is 0 Å². The molecule has 1 heterocycles. The van der Waals surface area contributed by atoms with E-state index in [0.717, 1.165) is 12.1 Å². The summed E-state index contributed by atoms with van der Waals surface area (Å²) in [6.07, 6.45) is 0.391. The van der Waals surface area contributed by atoms with Gasteiger partial charge in [-0.3, -0.25) is 4.79 Å². The zero-order valence-electron chi connectivity index (χ0n) is 14.9. The van der Waals surface area contributed by atoms with Crippen molar-refractivity contribution in [3.63, 3.8) is 0 Å². The second-order valence-electron chi connectivity index (χ2n) is 6.47. The quantitative estimate of drug-likeness (QED) is 0.400. The molecule has 0 aromatic carbocycles.